The van der Waals surface area contributed by atoms with Crippen LogP contribution in [0.25, 0.3) is 10.2 Å². The van der Waals surface area contributed by atoms with Gasteiger partial charge in [-0.1, -0.05) is 37.3 Å². The van der Waals surface area contributed by atoms with E-state index in [1.807, 2.05) is 38.1 Å². The lowest BCUT2D eigenvalue weighted by Gasteiger charge is -1.97. The standard InChI is InChI=1S/C11H10N2O2S.C2H6/c1-7(14)6-10(15)13-11-12-8-4-2-3-5-9(8)16-11;1-2/h2-5H,6H2,1H3,(H,12,13,15);1-2H3. The zero-order chi connectivity index (χ0) is 13.5. The van der Waals surface area contributed by atoms with Gasteiger partial charge in [0.05, 0.1) is 16.6 Å². The molecule has 0 fully saturated rings. The number of carbonyl (C=O) groups is 2. The average molecular weight is 264 g/mol. The molecule has 0 unspecified atom stereocenters. The summed E-state index contributed by atoms with van der Waals surface area (Å²) in [7, 11) is 0. The van der Waals surface area contributed by atoms with Crippen LogP contribution in [-0.2, 0) is 9.59 Å². The SMILES string of the molecule is CC.CC(=O)CC(=O)Nc1nc2ccccc2s1. The van der Waals surface area contributed by atoms with Crippen LogP contribution in [-0.4, -0.2) is 16.7 Å². The maximum Gasteiger partial charge on any atom is 0.233 e. The molecule has 0 radical (unpaired) electrons. The summed E-state index contributed by atoms with van der Waals surface area (Å²) < 4.78 is 1.01. The number of hydrogen-bond acceptors (Lipinski definition) is 4. The van der Waals surface area contributed by atoms with E-state index in [2.05, 4.69) is 10.3 Å². The number of aromatic nitrogens is 1. The lowest BCUT2D eigenvalue weighted by molar-refractivity contribution is -0.124. The highest BCUT2D eigenvalue weighted by Crippen LogP contribution is 2.25. The minimum absolute atomic E-state index is 0.101. The van der Waals surface area contributed by atoms with Crippen molar-refractivity contribution >= 4 is 38.4 Å². The van der Waals surface area contributed by atoms with Gasteiger partial charge in [0.15, 0.2) is 5.13 Å². The van der Waals surface area contributed by atoms with Gasteiger partial charge < -0.3 is 5.32 Å². The van der Waals surface area contributed by atoms with Gasteiger partial charge in [0.1, 0.15) is 5.78 Å². The van der Waals surface area contributed by atoms with E-state index in [9.17, 15) is 9.59 Å². The van der Waals surface area contributed by atoms with Crippen molar-refractivity contribution < 1.29 is 9.59 Å². The number of rotatable bonds is 3. The molecule has 0 atom stereocenters. The van der Waals surface area contributed by atoms with Crippen molar-refractivity contribution in [2.24, 2.45) is 0 Å². The van der Waals surface area contributed by atoms with Crippen molar-refractivity contribution in [3.05, 3.63) is 24.3 Å². The summed E-state index contributed by atoms with van der Waals surface area (Å²) in [5, 5.41) is 3.14. The second-order valence-corrected chi connectivity index (χ2v) is 4.44. The van der Waals surface area contributed by atoms with Gasteiger partial charge in [-0.15, -0.1) is 0 Å². The van der Waals surface area contributed by atoms with E-state index in [-0.39, 0.29) is 18.1 Å². The van der Waals surface area contributed by atoms with Crippen molar-refractivity contribution in [2.45, 2.75) is 27.2 Å². The average Bonchev–Trinajstić information content (AvgIpc) is 2.72. The van der Waals surface area contributed by atoms with Gasteiger partial charge in [-0.25, -0.2) is 4.98 Å². The van der Waals surface area contributed by atoms with Crippen LogP contribution < -0.4 is 5.32 Å². The fourth-order valence-electron chi connectivity index (χ4n) is 1.32. The summed E-state index contributed by atoms with van der Waals surface area (Å²) in [5.74, 6) is -0.467. The number of anilines is 1. The number of nitrogens with one attached hydrogen (secondary N) is 1. The van der Waals surface area contributed by atoms with E-state index < -0.39 is 0 Å². The molecule has 0 spiro atoms. The summed E-state index contributed by atoms with van der Waals surface area (Å²) in [4.78, 5) is 26.3. The molecule has 2 aromatic rings. The minimum Gasteiger partial charge on any atom is -0.302 e. The van der Waals surface area contributed by atoms with Crippen molar-refractivity contribution in [3.8, 4) is 0 Å². The second-order valence-electron chi connectivity index (χ2n) is 3.41. The number of fused-ring (bicyclic) bond motifs is 1. The molecule has 0 saturated heterocycles. The molecule has 0 aliphatic carbocycles. The lowest BCUT2D eigenvalue weighted by atomic mass is 10.3. The molecule has 18 heavy (non-hydrogen) atoms. The molecular weight excluding hydrogens is 248 g/mol. The fraction of sp³-hybridized carbons (Fsp3) is 0.308. The number of Topliss-reactive ketones (excluding diaryl/α,β-unsaturated/α-hetero) is 1. The van der Waals surface area contributed by atoms with Crippen LogP contribution in [0.3, 0.4) is 0 Å². The Balaban J connectivity index is 0.000000771. The van der Waals surface area contributed by atoms with Crippen LogP contribution in [0.15, 0.2) is 24.3 Å². The predicted octanol–water partition coefficient (Wildman–Crippen LogP) is 3.24. The van der Waals surface area contributed by atoms with E-state index in [1.165, 1.54) is 18.3 Å². The Bertz CT molecular complexity index is 516. The van der Waals surface area contributed by atoms with Crippen LogP contribution in [0.4, 0.5) is 5.13 Å². The molecule has 1 aromatic heterocycles. The third-order valence-corrected chi connectivity index (χ3v) is 2.90. The number of para-hydroxylation sites is 1. The number of amides is 1. The maximum absolute atomic E-state index is 11.3. The van der Waals surface area contributed by atoms with Crippen molar-refractivity contribution in [1.82, 2.24) is 4.98 Å². The van der Waals surface area contributed by atoms with Crippen LogP contribution >= 0.6 is 11.3 Å². The quantitative estimate of drug-likeness (QED) is 0.866. The second kappa shape index (κ2) is 6.86. The molecule has 0 bridgehead atoms. The molecule has 0 aliphatic heterocycles. The Hall–Kier alpha value is -1.75. The third-order valence-electron chi connectivity index (χ3n) is 1.95. The summed E-state index contributed by atoms with van der Waals surface area (Å²) >= 11 is 1.40. The molecule has 5 heteroatoms. The predicted molar refractivity (Wildman–Crippen MR) is 74.9 cm³/mol. The van der Waals surface area contributed by atoms with Gasteiger partial charge >= 0.3 is 0 Å². The molecule has 2 rings (SSSR count). The summed E-state index contributed by atoms with van der Waals surface area (Å²) in [6.45, 7) is 5.39. The fourth-order valence-corrected chi connectivity index (χ4v) is 2.20. The molecule has 96 valence electrons. The van der Waals surface area contributed by atoms with Crippen molar-refractivity contribution in [1.29, 1.82) is 0 Å². The molecule has 0 aliphatic rings. The molecular formula is C13H16N2O2S. The van der Waals surface area contributed by atoms with E-state index in [0.717, 1.165) is 10.2 Å². The van der Waals surface area contributed by atoms with Gasteiger partial charge in [-0.2, -0.15) is 0 Å². The molecule has 1 heterocycles. The smallest absolute Gasteiger partial charge is 0.233 e. The minimum atomic E-state index is -0.313. The number of benzene rings is 1. The van der Waals surface area contributed by atoms with Gasteiger partial charge in [-0.05, 0) is 19.1 Å². The molecule has 4 nitrogen and oxygen atoms in total. The highest BCUT2D eigenvalue weighted by Gasteiger charge is 2.08. The summed E-state index contributed by atoms with van der Waals surface area (Å²) in [6.07, 6.45) is -0.101. The van der Waals surface area contributed by atoms with Gasteiger partial charge in [-0.3, -0.25) is 9.59 Å². The van der Waals surface area contributed by atoms with Crippen LogP contribution in [0.1, 0.15) is 27.2 Å². The van der Waals surface area contributed by atoms with Gasteiger partial charge in [0.2, 0.25) is 5.91 Å². The van der Waals surface area contributed by atoms with Crippen LogP contribution in [0.2, 0.25) is 0 Å². The molecule has 1 N–H and O–H groups in total. The van der Waals surface area contributed by atoms with E-state index >= 15 is 0 Å². The van der Waals surface area contributed by atoms with Gasteiger partial charge in [0.25, 0.3) is 0 Å². The van der Waals surface area contributed by atoms with Crippen molar-refractivity contribution in [2.75, 3.05) is 5.32 Å². The first-order valence-corrected chi connectivity index (χ1v) is 6.61. The topological polar surface area (TPSA) is 59.1 Å². The van der Waals surface area contributed by atoms with Crippen LogP contribution in [0, 0.1) is 0 Å². The van der Waals surface area contributed by atoms with E-state index in [4.69, 9.17) is 0 Å². The first-order valence-electron chi connectivity index (χ1n) is 5.80. The molecule has 1 aromatic carbocycles. The first kappa shape index (κ1) is 14.3. The van der Waals surface area contributed by atoms with E-state index in [1.54, 1.807) is 0 Å². The largest absolute Gasteiger partial charge is 0.302 e. The monoisotopic (exact) mass is 264 g/mol. The Morgan fingerprint density at radius 3 is 2.56 bits per heavy atom. The molecule has 1 amide bonds. The Morgan fingerprint density at radius 1 is 1.28 bits per heavy atom. The van der Waals surface area contributed by atoms with Crippen molar-refractivity contribution in [3.63, 3.8) is 0 Å². The van der Waals surface area contributed by atoms with Gasteiger partial charge in [0, 0.05) is 0 Å². The first-order chi connectivity index (χ1) is 8.65. The number of nitrogens with zero attached hydrogens (tertiary/aromatic N) is 1. The number of carbonyl (C=O) groups excluding carboxylic acids is 2. The Kier molecular flexibility index (Phi) is 5.45. The Morgan fingerprint density at radius 2 is 1.94 bits per heavy atom. The highest BCUT2D eigenvalue weighted by atomic mass is 32.1. The van der Waals surface area contributed by atoms with Crippen LogP contribution in [0.5, 0.6) is 0 Å². The zero-order valence-corrected chi connectivity index (χ0v) is 11.5. The lowest BCUT2D eigenvalue weighted by Crippen LogP contribution is -2.14. The number of ketones is 1. The maximum atomic E-state index is 11.3. The molecule has 0 saturated carbocycles. The summed E-state index contributed by atoms with van der Waals surface area (Å²) in [5.41, 5.74) is 0.852. The summed E-state index contributed by atoms with van der Waals surface area (Å²) in [6, 6.07) is 7.63. The number of thiazole rings is 1. The van der Waals surface area contributed by atoms with E-state index in [0.29, 0.717) is 5.13 Å². The highest BCUT2D eigenvalue weighted by molar-refractivity contribution is 7.22. The Labute approximate surface area is 110 Å². The third kappa shape index (κ3) is 3.92. The normalized spacial score (nSPS) is 9.50. The zero-order valence-electron chi connectivity index (χ0n) is 10.7. The number of hydrogen-bond donors (Lipinski definition) is 1.